The molecule has 19 heavy (non-hydrogen) atoms. The van der Waals surface area contributed by atoms with E-state index in [1.165, 1.54) is 16.6 Å². The first-order valence-electron chi connectivity index (χ1n) is 6.95. The van der Waals surface area contributed by atoms with E-state index in [0.29, 0.717) is 12.0 Å². The van der Waals surface area contributed by atoms with Crippen LogP contribution < -0.4 is 5.32 Å². The Morgan fingerprint density at radius 3 is 3.11 bits per heavy atom. The first-order valence-corrected chi connectivity index (χ1v) is 6.95. The largest absolute Gasteiger partial charge is 0.381 e. The van der Waals surface area contributed by atoms with Gasteiger partial charge in [-0.1, -0.05) is 18.2 Å². The summed E-state index contributed by atoms with van der Waals surface area (Å²) in [6.45, 7) is 1.70. The highest BCUT2D eigenvalue weighted by atomic mass is 16.5. The average Bonchev–Trinajstić information content (AvgIpc) is 2.77. The molecule has 0 amide bonds. The van der Waals surface area contributed by atoms with Gasteiger partial charge in [-0.3, -0.25) is 4.68 Å². The first-order chi connectivity index (χ1) is 9.29. The molecule has 1 N–H and O–H groups in total. The molecule has 2 aromatic rings. The van der Waals surface area contributed by atoms with Crippen molar-refractivity contribution >= 4 is 10.9 Å². The number of ether oxygens (including phenoxy) is 1. The summed E-state index contributed by atoms with van der Waals surface area (Å²) < 4.78 is 7.61. The van der Waals surface area contributed by atoms with Crippen LogP contribution in [0.1, 0.15) is 12.1 Å². The van der Waals surface area contributed by atoms with E-state index in [9.17, 15) is 0 Å². The summed E-state index contributed by atoms with van der Waals surface area (Å²) in [6, 6.07) is 8.97. The number of benzene rings is 1. The van der Waals surface area contributed by atoms with Crippen LogP contribution in [0.15, 0.2) is 24.3 Å². The molecule has 0 spiro atoms. The molecule has 102 valence electrons. The van der Waals surface area contributed by atoms with Crippen LogP contribution >= 0.6 is 0 Å². The van der Waals surface area contributed by atoms with Crippen LogP contribution in [0.25, 0.3) is 10.9 Å². The van der Waals surface area contributed by atoms with E-state index in [-0.39, 0.29) is 0 Å². The van der Waals surface area contributed by atoms with Crippen molar-refractivity contribution < 1.29 is 4.74 Å². The molecule has 1 aliphatic rings. The van der Waals surface area contributed by atoms with Crippen LogP contribution in [-0.2, 0) is 18.2 Å². The van der Waals surface area contributed by atoms with Gasteiger partial charge in [0.25, 0.3) is 0 Å². The Bertz CT molecular complexity index is 564. The van der Waals surface area contributed by atoms with Crippen molar-refractivity contribution in [2.24, 2.45) is 13.0 Å². The number of para-hydroxylation sites is 1. The van der Waals surface area contributed by atoms with Crippen molar-refractivity contribution in [3.63, 3.8) is 0 Å². The third kappa shape index (κ3) is 2.38. The minimum atomic E-state index is 0.511. The maximum Gasteiger partial charge on any atom is 0.0707 e. The van der Waals surface area contributed by atoms with Crippen LogP contribution in [-0.4, -0.2) is 36.1 Å². The fraction of sp³-hybridized carbons (Fsp3) is 0.533. The van der Waals surface area contributed by atoms with Gasteiger partial charge in [0, 0.05) is 31.0 Å². The molecule has 0 aliphatic carbocycles. The Kier molecular flexibility index (Phi) is 3.53. The van der Waals surface area contributed by atoms with Gasteiger partial charge in [0.2, 0.25) is 0 Å². The Morgan fingerprint density at radius 2 is 2.26 bits per heavy atom. The number of hydrogen-bond donors (Lipinski definition) is 1. The SMILES string of the molecule is CNC1CCOCC1Cc1nn(C)c2ccccc12. The smallest absolute Gasteiger partial charge is 0.0707 e. The van der Waals surface area contributed by atoms with Crippen LogP contribution in [0.4, 0.5) is 0 Å². The van der Waals surface area contributed by atoms with Crippen molar-refractivity contribution in [3.05, 3.63) is 30.0 Å². The van der Waals surface area contributed by atoms with E-state index in [4.69, 9.17) is 4.74 Å². The first kappa shape index (κ1) is 12.6. The predicted molar refractivity (Wildman–Crippen MR) is 76.2 cm³/mol. The molecule has 3 rings (SSSR count). The van der Waals surface area contributed by atoms with Crippen LogP contribution in [0.2, 0.25) is 0 Å². The van der Waals surface area contributed by atoms with Gasteiger partial charge in [-0.15, -0.1) is 0 Å². The minimum absolute atomic E-state index is 0.511. The lowest BCUT2D eigenvalue weighted by Gasteiger charge is -2.30. The third-order valence-electron chi connectivity index (χ3n) is 4.13. The molecule has 2 atom stereocenters. The second-order valence-electron chi connectivity index (χ2n) is 5.31. The molecule has 2 unspecified atom stereocenters. The molecule has 1 aliphatic heterocycles. The second kappa shape index (κ2) is 5.31. The zero-order valence-corrected chi connectivity index (χ0v) is 11.6. The standard InChI is InChI=1S/C15H21N3O/c1-16-13-7-8-19-10-11(13)9-14-12-5-3-4-6-15(12)18(2)17-14/h3-6,11,13,16H,7-10H2,1-2H3. The molecule has 0 saturated carbocycles. The molecular formula is C15H21N3O. The second-order valence-corrected chi connectivity index (χ2v) is 5.31. The van der Waals surface area contributed by atoms with E-state index in [2.05, 4.69) is 34.7 Å². The zero-order chi connectivity index (χ0) is 13.2. The number of hydrogen-bond acceptors (Lipinski definition) is 3. The normalized spacial score (nSPS) is 23.9. The quantitative estimate of drug-likeness (QED) is 0.912. The van der Waals surface area contributed by atoms with Crippen molar-refractivity contribution in [2.75, 3.05) is 20.3 Å². The molecule has 0 radical (unpaired) electrons. The Balaban J connectivity index is 1.88. The topological polar surface area (TPSA) is 39.1 Å². The van der Waals surface area contributed by atoms with Gasteiger partial charge in [-0.25, -0.2) is 0 Å². The molecule has 1 fully saturated rings. The van der Waals surface area contributed by atoms with Gasteiger partial charge < -0.3 is 10.1 Å². The number of fused-ring (bicyclic) bond motifs is 1. The minimum Gasteiger partial charge on any atom is -0.381 e. The molecule has 1 aromatic heterocycles. The number of aryl methyl sites for hydroxylation is 1. The van der Waals surface area contributed by atoms with Crippen LogP contribution in [0.5, 0.6) is 0 Å². The Labute approximate surface area is 113 Å². The van der Waals surface area contributed by atoms with Gasteiger partial charge in [-0.2, -0.15) is 5.10 Å². The van der Waals surface area contributed by atoms with E-state index in [0.717, 1.165) is 26.1 Å². The van der Waals surface area contributed by atoms with Crippen LogP contribution in [0.3, 0.4) is 0 Å². The molecule has 1 saturated heterocycles. The highest BCUT2D eigenvalue weighted by molar-refractivity contribution is 5.81. The van der Waals surface area contributed by atoms with Gasteiger partial charge in [-0.05, 0) is 26.0 Å². The summed E-state index contributed by atoms with van der Waals surface area (Å²) in [6.07, 6.45) is 2.07. The number of aromatic nitrogens is 2. The molecule has 0 bridgehead atoms. The predicted octanol–water partition coefficient (Wildman–Crippen LogP) is 1.74. The lowest BCUT2D eigenvalue weighted by Crippen LogP contribution is -2.42. The number of nitrogens with zero attached hydrogens (tertiary/aromatic N) is 2. The van der Waals surface area contributed by atoms with Gasteiger partial charge in [0.05, 0.1) is 17.8 Å². The van der Waals surface area contributed by atoms with Crippen molar-refractivity contribution in [1.82, 2.24) is 15.1 Å². The fourth-order valence-corrected chi connectivity index (χ4v) is 3.07. The van der Waals surface area contributed by atoms with E-state index >= 15 is 0 Å². The highest BCUT2D eigenvalue weighted by Gasteiger charge is 2.26. The van der Waals surface area contributed by atoms with Crippen molar-refractivity contribution in [1.29, 1.82) is 0 Å². The molecule has 2 heterocycles. The average molecular weight is 259 g/mol. The van der Waals surface area contributed by atoms with Gasteiger partial charge in [0.1, 0.15) is 0 Å². The van der Waals surface area contributed by atoms with Gasteiger partial charge >= 0.3 is 0 Å². The molecule has 4 heteroatoms. The van der Waals surface area contributed by atoms with Crippen molar-refractivity contribution in [3.8, 4) is 0 Å². The summed E-state index contributed by atoms with van der Waals surface area (Å²) in [7, 11) is 4.05. The molecule has 4 nitrogen and oxygen atoms in total. The Morgan fingerprint density at radius 1 is 1.42 bits per heavy atom. The summed E-state index contributed by atoms with van der Waals surface area (Å²) in [5, 5.41) is 9.37. The molecular weight excluding hydrogens is 238 g/mol. The summed E-state index contributed by atoms with van der Waals surface area (Å²) in [4.78, 5) is 0. The van der Waals surface area contributed by atoms with Crippen LogP contribution in [0, 0.1) is 5.92 Å². The summed E-state index contributed by atoms with van der Waals surface area (Å²) in [5.74, 6) is 0.511. The Hall–Kier alpha value is -1.39. The van der Waals surface area contributed by atoms with Gasteiger partial charge in [0.15, 0.2) is 0 Å². The number of nitrogens with one attached hydrogen (secondary N) is 1. The maximum atomic E-state index is 5.63. The monoisotopic (exact) mass is 259 g/mol. The summed E-state index contributed by atoms with van der Waals surface area (Å²) in [5.41, 5.74) is 2.39. The summed E-state index contributed by atoms with van der Waals surface area (Å²) >= 11 is 0. The lowest BCUT2D eigenvalue weighted by atomic mass is 9.90. The van der Waals surface area contributed by atoms with E-state index in [1.807, 2.05) is 18.8 Å². The maximum absolute atomic E-state index is 5.63. The fourth-order valence-electron chi connectivity index (χ4n) is 3.07. The number of rotatable bonds is 3. The zero-order valence-electron chi connectivity index (χ0n) is 11.6. The van der Waals surface area contributed by atoms with Crippen molar-refractivity contribution in [2.45, 2.75) is 18.9 Å². The molecule has 1 aromatic carbocycles. The highest BCUT2D eigenvalue weighted by Crippen LogP contribution is 2.24. The third-order valence-corrected chi connectivity index (χ3v) is 4.13. The lowest BCUT2D eigenvalue weighted by molar-refractivity contribution is 0.0339. The van der Waals surface area contributed by atoms with E-state index < -0.39 is 0 Å². The van der Waals surface area contributed by atoms with E-state index in [1.54, 1.807) is 0 Å².